The summed E-state index contributed by atoms with van der Waals surface area (Å²) in [6.07, 6.45) is 2.40. The van der Waals surface area contributed by atoms with Crippen LogP contribution in [0, 0.1) is 0 Å². The molecular formula is C28H33ClN2O4S. The Morgan fingerprint density at radius 2 is 1.69 bits per heavy atom. The van der Waals surface area contributed by atoms with Gasteiger partial charge in [0.1, 0.15) is 6.54 Å². The molecule has 36 heavy (non-hydrogen) atoms. The number of rotatable bonds is 13. The van der Waals surface area contributed by atoms with Gasteiger partial charge in [0.05, 0.1) is 20.8 Å². The molecule has 8 heteroatoms. The molecule has 0 aliphatic heterocycles. The van der Waals surface area contributed by atoms with Crippen LogP contribution in [0.4, 0.5) is 0 Å². The molecule has 0 aliphatic carbocycles. The van der Waals surface area contributed by atoms with Crippen LogP contribution in [0.2, 0.25) is 5.02 Å². The molecule has 3 rings (SSSR count). The van der Waals surface area contributed by atoms with Crippen molar-refractivity contribution >= 4 is 34.8 Å². The Hall–Kier alpha value is -3.03. The summed E-state index contributed by atoms with van der Waals surface area (Å²) in [4.78, 5) is 31.4. The second-order valence-electron chi connectivity index (χ2n) is 8.42. The van der Waals surface area contributed by atoms with Crippen LogP contribution >= 0.6 is 22.9 Å². The van der Waals surface area contributed by atoms with Crippen LogP contribution in [-0.4, -0.2) is 55.5 Å². The van der Waals surface area contributed by atoms with Crippen molar-refractivity contribution in [2.75, 3.05) is 33.9 Å². The first-order chi connectivity index (χ1) is 17.4. The molecule has 0 spiro atoms. The molecule has 192 valence electrons. The molecule has 6 nitrogen and oxygen atoms in total. The highest BCUT2D eigenvalue weighted by atomic mass is 35.5. The molecule has 1 heterocycles. The van der Waals surface area contributed by atoms with E-state index in [9.17, 15) is 9.59 Å². The second kappa shape index (κ2) is 13.9. The van der Waals surface area contributed by atoms with Crippen molar-refractivity contribution in [1.29, 1.82) is 0 Å². The zero-order valence-corrected chi connectivity index (χ0v) is 22.6. The van der Waals surface area contributed by atoms with E-state index in [2.05, 4.69) is 6.92 Å². The number of methoxy groups -OCH3 is 2. The minimum Gasteiger partial charge on any atom is -0.493 e. The van der Waals surface area contributed by atoms with Crippen LogP contribution in [-0.2, 0) is 17.8 Å². The van der Waals surface area contributed by atoms with Gasteiger partial charge in [0.2, 0.25) is 5.91 Å². The highest BCUT2D eigenvalue weighted by Crippen LogP contribution is 2.28. The van der Waals surface area contributed by atoms with E-state index in [-0.39, 0.29) is 18.4 Å². The molecular weight excluding hydrogens is 496 g/mol. The maximum atomic E-state index is 13.5. The Morgan fingerprint density at radius 1 is 0.944 bits per heavy atom. The van der Waals surface area contributed by atoms with E-state index in [1.807, 2.05) is 40.6 Å². The van der Waals surface area contributed by atoms with Crippen molar-refractivity contribution in [3.63, 3.8) is 0 Å². The topological polar surface area (TPSA) is 59.1 Å². The standard InChI is InChI=1S/C28H33ClN2O4S/c1-4-5-15-31(28(33)22-9-11-23(29)12-10-22)20-27(32)30(19-24-7-6-17-36-24)16-14-21-8-13-25(34-2)26(18-21)35-3/h6-13,17-18H,4-5,14-16,19-20H2,1-3H3. The van der Waals surface area contributed by atoms with Crippen LogP contribution in [0.5, 0.6) is 11.5 Å². The lowest BCUT2D eigenvalue weighted by atomic mass is 10.1. The number of carbonyl (C=O) groups is 2. The molecule has 1 aromatic heterocycles. The highest BCUT2D eigenvalue weighted by molar-refractivity contribution is 7.09. The predicted octanol–water partition coefficient (Wildman–Crippen LogP) is 5.93. The number of amides is 2. The molecule has 2 aromatic carbocycles. The van der Waals surface area contributed by atoms with Crippen LogP contribution in [0.3, 0.4) is 0 Å². The van der Waals surface area contributed by atoms with Crippen molar-refractivity contribution in [2.24, 2.45) is 0 Å². The molecule has 2 amide bonds. The van der Waals surface area contributed by atoms with Crippen molar-refractivity contribution in [3.05, 3.63) is 81.0 Å². The first-order valence-electron chi connectivity index (χ1n) is 12.0. The number of carbonyl (C=O) groups excluding carboxylic acids is 2. The number of hydrogen-bond donors (Lipinski definition) is 0. The Kier molecular flexibility index (Phi) is 10.6. The fourth-order valence-electron chi connectivity index (χ4n) is 3.82. The van der Waals surface area contributed by atoms with Gasteiger partial charge >= 0.3 is 0 Å². The molecule has 0 N–H and O–H groups in total. The van der Waals surface area contributed by atoms with Gasteiger partial charge in [-0.15, -0.1) is 11.3 Å². The third kappa shape index (κ3) is 7.73. The molecule has 0 saturated carbocycles. The first-order valence-corrected chi connectivity index (χ1v) is 13.3. The Labute approximate surface area is 222 Å². The number of benzene rings is 2. The molecule has 0 bridgehead atoms. The molecule has 3 aromatic rings. The lowest BCUT2D eigenvalue weighted by molar-refractivity contribution is -0.132. The summed E-state index contributed by atoms with van der Waals surface area (Å²) < 4.78 is 10.8. The van der Waals surface area contributed by atoms with Gasteiger partial charge in [0, 0.05) is 28.6 Å². The van der Waals surface area contributed by atoms with Gasteiger partial charge in [0.25, 0.3) is 5.91 Å². The maximum absolute atomic E-state index is 13.5. The van der Waals surface area contributed by atoms with Gasteiger partial charge in [-0.05, 0) is 66.2 Å². The van der Waals surface area contributed by atoms with Crippen LogP contribution in [0.15, 0.2) is 60.0 Å². The van der Waals surface area contributed by atoms with Gasteiger partial charge in [0.15, 0.2) is 11.5 Å². The molecule has 0 aliphatic rings. The van der Waals surface area contributed by atoms with E-state index < -0.39 is 0 Å². The van der Waals surface area contributed by atoms with Crippen molar-refractivity contribution in [2.45, 2.75) is 32.7 Å². The summed E-state index contributed by atoms with van der Waals surface area (Å²) in [6, 6.07) is 16.6. The normalized spacial score (nSPS) is 10.7. The molecule has 0 atom stereocenters. The summed E-state index contributed by atoms with van der Waals surface area (Å²) >= 11 is 7.61. The third-order valence-corrected chi connectivity index (χ3v) is 7.00. The zero-order chi connectivity index (χ0) is 25.9. The van der Waals surface area contributed by atoms with Crippen molar-refractivity contribution in [3.8, 4) is 11.5 Å². The van der Waals surface area contributed by atoms with E-state index in [4.69, 9.17) is 21.1 Å². The van der Waals surface area contributed by atoms with Gasteiger partial charge in [-0.25, -0.2) is 0 Å². The van der Waals surface area contributed by atoms with Crippen molar-refractivity contribution in [1.82, 2.24) is 9.80 Å². The van der Waals surface area contributed by atoms with E-state index in [1.54, 1.807) is 54.7 Å². The lowest BCUT2D eigenvalue weighted by Gasteiger charge is -2.28. The van der Waals surface area contributed by atoms with E-state index in [0.29, 0.717) is 48.1 Å². The summed E-state index contributed by atoms with van der Waals surface area (Å²) in [6.45, 7) is 3.63. The lowest BCUT2D eigenvalue weighted by Crippen LogP contribution is -2.43. The monoisotopic (exact) mass is 528 g/mol. The summed E-state index contributed by atoms with van der Waals surface area (Å²) in [5.74, 6) is 1.08. The van der Waals surface area contributed by atoms with Gasteiger partial charge in [-0.3, -0.25) is 9.59 Å². The molecule has 0 saturated heterocycles. The maximum Gasteiger partial charge on any atom is 0.254 e. The molecule has 0 radical (unpaired) electrons. The minimum atomic E-state index is -0.163. The second-order valence-corrected chi connectivity index (χ2v) is 9.89. The van der Waals surface area contributed by atoms with Gasteiger partial charge in [-0.2, -0.15) is 0 Å². The number of ether oxygens (including phenoxy) is 2. The fourth-order valence-corrected chi connectivity index (χ4v) is 4.67. The average Bonchev–Trinajstić information content (AvgIpc) is 3.41. The Morgan fingerprint density at radius 3 is 2.33 bits per heavy atom. The summed E-state index contributed by atoms with van der Waals surface area (Å²) in [5, 5.41) is 2.57. The van der Waals surface area contributed by atoms with E-state index in [0.717, 1.165) is 23.3 Å². The Bertz CT molecular complexity index is 1120. The number of thiophene rings is 1. The SMILES string of the molecule is CCCCN(CC(=O)N(CCc1ccc(OC)c(OC)c1)Cc1cccs1)C(=O)c1ccc(Cl)cc1. The number of hydrogen-bond acceptors (Lipinski definition) is 5. The average molecular weight is 529 g/mol. The Balaban J connectivity index is 1.76. The van der Waals surface area contributed by atoms with Gasteiger partial charge < -0.3 is 19.3 Å². The molecule has 0 unspecified atom stereocenters. The van der Waals surface area contributed by atoms with Crippen LogP contribution in [0.1, 0.15) is 40.6 Å². The number of unbranched alkanes of at least 4 members (excludes halogenated alkanes) is 1. The third-order valence-electron chi connectivity index (χ3n) is 5.88. The minimum absolute atomic E-state index is 0.0266. The first kappa shape index (κ1) is 27.6. The summed E-state index contributed by atoms with van der Waals surface area (Å²) in [7, 11) is 3.21. The van der Waals surface area contributed by atoms with E-state index in [1.165, 1.54) is 0 Å². The summed E-state index contributed by atoms with van der Waals surface area (Å²) in [5.41, 5.74) is 1.56. The number of nitrogens with zero attached hydrogens (tertiary/aromatic N) is 2. The highest BCUT2D eigenvalue weighted by Gasteiger charge is 2.23. The number of halogens is 1. The van der Waals surface area contributed by atoms with Crippen LogP contribution in [0.25, 0.3) is 0 Å². The zero-order valence-electron chi connectivity index (χ0n) is 21.0. The quantitative estimate of drug-likeness (QED) is 0.276. The predicted molar refractivity (Wildman–Crippen MR) is 145 cm³/mol. The smallest absolute Gasteiger partial charge is 0.254 e. The molecule has 0 fully saturated rings. The van der Waals surface area contributed by atoms with Crippen LogP contribution < -0.4 is 9.47 Å². The van der Waals surface area contributed by atoms with E-state index >= 15 is 0 Å². The van der Waals surface area contributed by atoms with Crippen molar-refractivity contribution < 1.29 is 19.1 Å². The fraction of sp³-hybridized carbons (Fsp3) is 0.357. The largest absolute Gasteiger partial charge is 0.493 e. The van der Waals surface area contributed by atoms with Gasteiger partial charge in [-0.1, -0.05) is 37.1 Å².